The second-order valence-electron chi connectivity index (χ2n) is 4.47. The van der Waals surface area contributed by atoms with Crippen molar-refractivity contribution in [3.8, 4) is 0 Å². The largest absolute Gasteiger partial charge is 0.480 e. The minimum absolute atomic E-state index is 0.0162. The molecule has 6 nitrogen and oxygen atoms in total. The molecular weight excluding hydrogens is 341 g/mol. The number of aliphatic hydroxyl groups excluding tert-OH is 1. The lowest BCUT2D eigenvalue weighted by atomic mass is 10.2. The highest BCUT2D eigenvalue weighted by Gasteiger charge is 2.29. The van der Waals surface area contributed by atoms with Gasteiger partial charge in [-0.2, -0.15) is 4.72 Å². The van der Waals surface area contributed by atoms with Crippen LogP contribution in [0.2, 0.25) is 10.0 Å². The summed E-state index contributed by atoms with van der Waals surface area (Å²) in [6.45, 7) is 2.60. The molecule has 0 aliphatic carbocycles. The van der Waals surface area contributed by atoms with Gasteiger partial charge in [0.05, 0.1) is 5.02 Å². The van der Waals surface area contributed by atoms with E-state index in [0.29, 0.717) is 5.56 Å². The van der Waals surface area contributed by atoms with E-state index >= 15 is 0 Å². The van der Waals surface area contributed by atoms with Crippen LogP contribution < -0.4 is 4.72 Å². The average molecular weight is 356 g/mol. The third-order valence-electron chi connectivity index (χ3n) is 2.87. The maximum atomic E-state index is 12.4. The molecule has 0 fully saturated rings. The first kappa shape index (κ1) is 18.2. The minimum atomic E-state index is -4.19. The van der Waals surface area contributed by atoms with Crippen molar-refractivity contribution in [2.75, 3.05) is 6.61 Å². The maximum Gasteiger partial charge on any atom is 0.321 e. The lowest BCUT2D eigenvalue weighted by Gasteiger charge is -2.17. The van der Waals surface area contributed by atoms with Crippen LogP contribution in [0.25, 0.3) is 0 Å². The SMILES string of the molecule is Cc1cc(Cl)c(C)c(S(=O)(=O)NC(CCO)C(=O)O)c1Cl. The third-order valence-corrected chi connectivity index (χ3v) is 5.50. The number of sulfonamides is 1. The molecule has 3 N–H and O–H groups in total. The Morgan fingerprint density at radius 1 is 1.38 bits per heavy atom. The number of benzene rings is 1. The van der Waals surface area contributed by atoms with Crippen molar-refractivity contribution < 1.29 is 23.4 Å². The molecule has 0 bridgehead atoms. The van der Waals surface area contributed by atoms with Gasteiger partial charge in [-0.25, -0.2) is 8.42 Å². The first-order valence-electron chi connectivity index (χ1n) is 5.93. The summed E-state index contributed by atoms with van der Waals surface area (Å²) in [5.41, 5.74) is 0.689. The molecule has 1 aromatic rings. The fourth-order valence-electron chi connectivity index (χ4n) is 1.74. The number of hydrogen-bond acceptors (Lipinski definition) is 4. The molecule has 1 aromatic carbocycles. The van der Waals surface area contributed by atoms with E-state index in [0.717, 1.165) is 0 Å². The number of carbonyl (C=O) groups is 1. The number of aryl methyl sites for hydroxylation is 1. The van der Waals surface area contributed by atoms with Gasteiger partial charge in [-0.05, 0) is 37.5 Å². The number of aliphatic carboxylic acids is 1. The van der Waals surface area contributed by atoms with Crippen LogP contribution in [0.4, 0.5) is 0 Å². The topological polar surface area (TPSA) is 104 Å². The van der Waals surface area contributed by atoms with E-state index < -0.39 is 28.6 Å². The van der Waals surface area contributed by atoms with Crippen molar-refractivity contribution in [2.45, 2.75) is 31.2 Å². The van der Waals surface area contributed by atoms with E-state index in [1.165, 1.54) is 13.0 Å². The predicted molar refractivity (Wildman–Crippen MR) is 79.4 cm³/mol. The second-order valence-corrected chi connectivity index (χ2v) is 6.90. The van der Waals surface area contributed by atoms with Gasteiger partial charge in [-0.15, -0.1) is 0 Å². The maximum absolute atomic E-state index is 12.4. The monoisotopic (exact) mass is 355 g/mol. The number of aliphatic hydroxyl groups is 1. The molecule has 21 heavy (non-hydrogen) atoms. The van der Waals surface area contributed by atoms with Crippen LogP contribution in [0, 0.1) is 13.8 Å². The molecular formula is C12H15Cl2NO5S. The Morgan fingerprint density at radius 3 is 2.43 bits per heavy atom. The first-order valence-corrected chi connectivity index (χ1v) is 8.17. The lowest BCUT2D eigenvalue weighted by Crippen LogP contribution is -2.41. The van der Waals surface area contributed by atoms with Crippen molar-refractivity contribution in [2.24, 2.45) is 0 Å². The zero-order valence-electron chi connectivity index (χ0n) is 11.4. The molecule has 1 rings (SSSR count). The summed E-state index contributed by atoms with van der Waals surface area (Å²) < 4.78 is 26.8. The average Bonchev–Trinajstić information content (AvgIpc) is 2.35. The summed E-state index contributed by atoms with van der Waals surface area (Å²) in [6, 6.07) is 0.0791. The van der Waals surface area contributed by atoms with Crippen LogP contribution in [-0.4, -0.2) is 37.2 Å². The Balaban J connectivity index is 3.35. The number of carboxylic acid groups (broad SMARTS) is 1. The quantitative estimate of drug-likeness (QED) is 0.720. The fourth-order valence-corrected chi connectivity index (χ4v) is 4.18. The summed E-state index contributed by atoms with van der Waals surface area (Å²) in [6.07, 6.45) is -0.259. The van der Waals surface area contributed by atoms with E-state index in [9.17, 15) is 13.2 Å². The van der Waals surface area contributed by atoms with Crippen molar-refractivity contribution in [3.63, 3.8) is 0 Å². The highest BCUT2D eigenvalue weighted by molar-refractivity contribution is 7.89. The van der Waals surface area contributed by atoms with Crippen molar-refractivity contribution in [3.05, 3.63) is 27.2 Å². The van der Waals surface area contributed by atoms with Gasteiger partial charge >= 0.3 is 5.97 Å². The summed E-state index contributed by atoms with van der Waals surface area (Å²) in [5, 5.41) is 18.0. The minimum Gasteiger partial charge on any atom is -0.480 e. The molecule has 0 amide bonds. The summed E-state index contributed by atoms with van der Waals surface area (Å²) in [4.78, 5) is 10.8. The van der Waals surface area contributed by atoms with Crippen LogP contribution in [0.1, 0.15) is 17.5 Å². The Labute approximate surface area is 132 Å². The van der Waals surface area contributed by atoms with E-state index in [-0.39, 0.29) is 26.9 Å². The fraction of sp³-hybridized carbons (Fsp3) is 0.417. The van der Waals surface area contributed by atoms with Gasteiger partial charge in [-0.3, -0.25) is 4.79 Å². The molecule has 1 unspecified atom stereocenters. The number of carboxylic acids is 1. The van der Waals surface area contributed by atoms with E-state index in [4.69, 9.17) is 33.4 Å². The van der Waals surface area contributed by atoms with Crippen LogP contribution in [0.15, 0.2) is 11.0 Å². The molecule has 0 heterocycles. The lowest BCUT2D eigenvalue weighted by molar-refractivity contribution is -0.139. The summed E-state index contributed by atoms with van der Waals surface area (Å²) in [7, 11) is -4.19. The Kier molecular flexibility index (Phi) is 6.01. The van der Waals surface area contributed by atoms with Gasteiger partial charge in [-0.1, -0.05) is 23.2 Å². The van der Waals surface area contributed by atoms with Crippen LogP contribution in [-0.2, 0) is 14.8 Å². The molecule has 0 saturated carbocycles. The van der Waals surface area contributed by atoms with Crippen molar-refractivity contribution in [1.29, 1.82) is 0 Å². The predicted octanol–water partition coefficient (Wildman–Crippen LogP) is 1.72. The number of halogens is 2. The summed E-state index contributed by atoms with van der Waals surface area (Å²) in [5.74, 6) is -1.39. The molecule has 0 saturated heterocycles. The van der Waals surface area contributed by atoms with Gasteiger partial charge in [0.25, 0.3) is 0 Å². The second kappa shape index (κ2) is 6.93. The van der Waals surface area contributed by atoms with Crippen molar-refractivity contribution in [1.82, 2.24) is 4.72 Å². The van der Waals surface area contributed by atoms with Gasteiger partial charge in [0.15, 0.2) is 0 Å². The number of nitrogens with one attached hydrogen (secondary N) is 1. The molecule has 0 aromatic heterocycles. The van der Waals surface area contributed by atoms with Crippen LogP contribution >= 0.6 is 23.2 Å². The Bertz CT molecular complexity index is 634. The smallest absolute Gasteiger partial charge is 0.321 e. The van der Waals surface area contributed by atoms with Gasteiger partial charge in [0, 0.05) is 11.6 Å². The highest BCUT2D eigenvalue weighted by Crippen LogP contribution is 2.33. The molecule has 0 aliphatic rings. The molecule has 0 spiro atoms. The third kappa shape index (κ3) is 4.08. The molecule has 1 atom stereocenters. The number of hydrogen-bond donors (Lipinski definition) is 3. The van der Waals surface area contributed by atoms with Crippen LogP contribution in [0.5, 0.6) is 0 Å². The Morgan fingerprint density at radius 2 is 1.95 bits per heavy atom. The number of rotatable bonds is 6. The standard InChI is InChI=1S/C12H15Cl2NO5S/c1-6-5-8(13)7(2)11(10(6)14)21(19,20)15-9(3-4-16)12(17)18/h5,9,15-16H,3-4H2,1-2H3,(H,17,18). The van der Waals surface area contributed by atoms with E-state index in [2.05, 4.69) is 0 Å². The van der Waals surface area contributed by atoms with E-state index in [1.54, 1.807) is 6.92 Å². The Hall–Kier alpha value is -0.860. The highest BCUT2D eigenvalue weighted by atomic mass is 35.5. The molecule has 0 aliphatic heterocycles. The molecule has 0 radical (unpaired) electrons. The first-order chi connectivity index (χ1) is 9.61. The zero-order valence-corrected chi connectivity index (χ0v) is 13.7. The van der Waals surface area contributed by atoms with Crippen LogP contribution in [0.3, 0.4) is 0 Å². The zero-order chi connectivity index (χ0) is 16.4. The van der Waals surface area contributed by atoms with Gasteiger partial charge in [0.2, 0.25) is 10.0 Å². The molecule has 9 heteroatoms. The normalized spacial score (nSPS) is 13.2. The molecule has 118 valence electrons. The van der Waals surface area contributed by atoms with Crippen molar-refractivity contribution >= 4 is 39.2 Å². The van der Waals surface area contributed by atoms with E-state index in [1.807, 2.05) is 4.72 Å². The van der Waals surface area contributed by atoms with Gasteiger partial charge in [0.1, 0.15) is 10.9 Å². The summed E-state index contributed by atoms with van der Waals surface area (Å²) >= 11 is 12.0. The van der Waals surface area contributed by atoms with Gasteiger partial charge < -0.3 is 10.2 Å².